The number of hydrogen-bond donors (Lipinski definition) is 5. The van der Waals surface area contributed by atoms with E-state index >= 15 is 0 Å². The summed E-state index contributed by atoms with van der Waals surface area (Å²) in [5.41, 5.74) is 12.7. The van der Waals surface area contributed by atoms with Gasteiger partial charge in [0.2, 0.25) is 11.8 Å². The third-order valence-electron chi connectivity index (χ3n) is 4.31. The first-order chi connectivity index (χ1) is 13.7. The molecule has 0 fully saturated rings. The summed E-state index contributed by atoms with van der Waals surface area (Å²) in [5, 5.41) is 8.53. The van der Waals surface area contributed by atoms with Crippen LogP contribution in [0.2, 0.25) is 0 Å². The van der Waals surface area contributed by atoms with Crippen molar-refractivity contribution in [3.05, 3.63) is 29.8 Å². The second-order valence-electron chi connectivity index (χ2n) is 7.14. The summed E-state index contributed by atoms with van der Waals surface area (Å²) in [6.45, 7) is 6.20. The van der Waals surface area contributed by atoms with Gasteiger partial charge in [0.15, 0.2) is 0 Å². The van der Waals surface area contributed by atoms with Crippen LogP contribution in [-0.4, -0.2) is 43.1 Å². The molecule has 0 aliphatic rings. The third-order valence-corrected chi connectivity index (χ3v) is 4.31. The van der Waals surface area contributed by atoms with E-state index in [1.54, 1.807) is 24.3 Å². The number of anilines is 1. The zero-order valence-corrected chi connectivity index (χ0v) is 17.4. The Balaban J connectivity index is 2.73. The van der Waals surface area contributed by atoms with E-state index in [-0.39, 0.29) is 30.3 Å². The second-order valence-corrected chi connectivity index (χ2v) is 7.14. The summed E-state index contributed by atoms with van der Waals surface area (Å²) in [5.74, 6) is -1.08. The highest BCUT2D eigenvalue weighted by molar-refractivity contribution is 5.97. The molecule has 0 saturated heterocycles. The average molecular weight is 408 g/mol. The molecule has 1 rings (SSSR count). The number of amides is 2. The molecular weight excluding hydrogens is 374 g/mol. The normalized spacial score (nSPS) is 12.9. The predicted molar refractivity (Wildman–Crippen MR) is 112 cm³/mol. The Kier molecular flexibility index (Phi) is 10.9. The van der Waals surface area contributed by atoms with Gasteiger partial charge in [0.05, 0.1) is 6.04 Å². The van der Waals surface area contributed by atoms with Crippen molar-refractivity contribution in [2.75, 3.05) is 18.5 Å². The first-order valence-electron chi connectivity index (χ1n) is 9.74. The summed E-state index contributed by atoms with van der Waals surface area (Å²) in [6.07, 6.45) is 1.10. The molecule has 7 N–H and O–H groups in total. The van der Waals surface area contributed by atoms with Crippen LogP contribution in [0.1, 0.15) is 39.2 Å². The molecule has 9 nitrogen and oxygen atoms in total. The molecule has 0 aromatic heterocycles. The Hall–Kier alpha value is -2.49. The van der Waals surface area contributed by atoms with E-state index < -0.39 is 12.1 Å². The van der Waals surface area contributed by atoms with Crippen molar-refractivity contribution in [1.82, 2.24) is 10.6 Å². The molecule has 1 aromatic carbocycles. The lowest BCUT2D eigenvalue weighted by Crippen LogP contribution is -2.51. The van der Waals surface area contributed by atoms with Gasteiger partial charge in [-0.3, -0.25) is 14.4 Å². The molecule has 1 aromatic rings. The fraction of sp³-hybridized carbons (Fsp3) is 0.550. The van der Waals surface area contributed by atoms with Crippen molar-refractivity contribution in [2.45, 2.75) is 52.3 Å². The number of benzene rings is 1. The molecular formula is C20H33N5O4. The topological polar surface area (TPSA) is 149 Å². The van der Waals surface area contributed by atoms with Gasteiger partial charge in [-0.05, 0) is 43.0 Å². The Morgan fingerprint density at radius 1 is 1.10 bits per heavy atom. The molecule has 9 heteroatoms. The Bertz CT molecular complexity index is 663. The molecule has 0 radical (unpaired) electrons. The molecule has 0 bridgehead atoms. The maximum atomic E-state index is 12.7. The SMILES string of the molecule is CC(=O)OCc1ccc(NC(=O)[C@H](CCCNCN)NC(=O)[C@@H](N)C(C)C)cc1. The Labute approximate surface area is 171 Å². The van der Waals surface area contributed by atoms with E-state index in [4.69, 9.17) is 16.2 Å². The number of nitrogens with two attached hydrogens (primary N) is 2. The standard InChI is InChI=1S/C20H33N5O4/c1-13(2)18(22)20(28)25-17(5-4-10-23-12-21)19(27)24-16-8-6-15(7-9-16)11-29-14(3)26/h6-9,13,17-18,23H,4-5,10-12,21-22H2,1-3H3,(H,24,27)(H,25,28)/t17-,18-/m0/s1. The smallest absolute Gasteiger partial charge is 0.302 e. The maximum absolute atomic E-state index is 12.7. The molecule has 2 atom stereocenters. The van der Waals surface area contributed by atoms with Gasteiger partial charge in [0.1, 0.15) is 12.6 Å². The van der Waals surface area contributed by atoms with Crippen molar-refractivity contribution < 1.29 is 19.1 Å². The molecule has 0 saturated carbocycles. The summed E-state index contributed by atoms with van der Waals surface area (Å²) in [6, 6.07) is 5.54. The highest BCUT2D eigenvalue weighted by Crippen LogP contribution is 2.12. The highest BCUT2D eigenvalue weighted by Gasteiger charge is 2.25. The van der Waals surface area contributed by atoms with Crippen LogP contribution in [0.4, 0.5) is 5.69 Å². The second kappa shape index (κ2) is 12.9. The lowest BCUT2D eigenvalue weighted by Gasteiger charge is -2.22. The summed E-state index contributed by atoms with van der Waals surface area (Å²) >= 11 is 0. The molecule has 0 unspecified atom stereocenters. The van der Waals surface area contributed by atoms with Gasteiger partial charge in [0.25, 0.3) is 0 Å². The van der Waals surface area contributed by atoms with Crippen molar-refractivity contribution in [3.8, 4) is 0 Å². The number of rotatable bonds is 12. The van der Waals surface area contributed by atoms with Gasteiger partial charge in [-0.25, -0.2) is 0 Å². The first-order valence-corrected chi connectivity index (χ1v) is 9.74. The van der Waals surface area contributed by atoms with Gasteiger partial charge in [-0.2, -0.15) is 0 Å². The van der Waals surface area contributed by atoms with Gasteiger partial charge < -0.3 is 32.2 Å². The average Bonchev–Trinajstić information content (AvgIpc) is 2.68. The lowest BCUT2D eigenvalue weighted by molar-refractivity contribution is -0.142. The lowest BCUT2D eigenvalue weighted by atomic mass is 10.0. The largest absolute Gasteiger partial charge is 0.461 e. The van der Waals surface area contributed by atoms with Gasteiger partial charge >= 0.3 is 5.97 Å². The number of carbonyl (C=O) groups is 3. The van der Waals surface area contributed by atoms with E-state index in [1.165, 1.54) is 6.92 Å². The minimum atomic E-state index is -0.715. The fourth-order valence-corrected chi connectivity index (χ4v) is 2.47. The monoisotopic (exact) mass is 407 g/mol. The van der Waals surface area contributed by atoms with Crippen LogP contribution in [0.5, 0.6) is 0 Å². The van der Waals surface area contributed by atoms with Gasteiger partial charge in [-0.1, -0.05) is 26.0 Å². The van der Waals surface area contributed by atoms with Crippen LogP contribution < -0.4 is 27.4 Å². The predicted octanol–water partition coefficient (Wildman–Crippen LogP) is 0.442. The van der Waals surface area contributed by atoms with E-state index in [9.17, 15) is 14.4 Å². The maximum Gasteiger partial charge on any atom is 0.302 e. The van der Waals surface area contributed by atoms with E-state index in [1.807, 2.05) is 13.8 Å². The molecule has 0 heterocycles. The van der Waals surface area contributed by atoms with Crippen LogP contribution >= 0.6 is 0 Å². The Morgan fingerprint density at radius 3 is 2.31 bits per heavy atom. The highest BCUT2D eigenvalue weighted by atomic mass is 16.5. The summed E-state index contributed by atoms with van der Waals surface area (Å²) < 4.78 is 4.94. The van der Waals surface area contributed by atoms with Gasteiger partial charge in [0, 0.05) is 19.3 Å². The number of hydrogen-bond acceptors (Lipinski definition) is 7. The molecule has 162 valence electrons. The van der Waals surface area contributed by atoms with E-state index in [0.29, 0.717) is 31.7 Å². The number of esters is 1. The minimum absolute atomic E-state index is 0.0395. The third kappa shape index (κ3) is 9.51. The quantitative estimate of drug-likeness (QED) is 0.192. The van der Waals surface area contributed by atoms with Crippen molar-refractivity contribution >= 4 is 23.5 Å². The first kappa shape index (κ1) is 24.5. The van der Waals surface area contributed by atoms with Crippen LogP contribution in [0.25, 0.3) is 0 Å². The zero-order chi connectivity index (χ0) is 21.8. The minimum Gasteiger partial charge on any atom is -0.461 e. The number of ether oxygens (including phenoxy) is 1. The van der Waals surface area contributed by atoms with E-state index in [2.05, 4.69) is 16.0 Å². The van der Waals surface area contributed by atoms with Crippen molar-refractivity contribution in [3.63, 3.8) is 0 Å². The van der Waals surface area contributed by atoms with Gasteiger partial charge in [-0.15, -0.1) is 0 Å². The summed E-state index contributed by atoms with van der Waals surface area (Å²) in [4.78, 5) is 35.9. The zero-order valence-electron chi connectivity index (χ0n) is 17.4. The molecule has 0 aliphatic heterocycles. The van der Waals surface area contributed by atoms with Crippen LogP contribution in [0.15, 0.2) is 24.3 Å². The van der Waals surface area contributed by atoms with Crippen molar-refractivity contribution in [1.29, 1.82) is 0 Å². The molecule has 29 heavy (non-hydrogen) atoms. The van der Waals surface area contributed by atoms with Crippen molar-refractivity contribution in [2.24, 2.45) is 17.4 Å². The molecule has 0 aliphatic carbocycles. The van der Waals surface area contributed by atoms with E-state index in [0.717, 1.165) is 5.56 Å². The van der Waals surface area contributed by atoms with Crippen LogP contribution in [0.3, 0.4) is 0 Å². The van der Waals surface area contributed by atoms with Crippen LogP contribution in [-0.2, 0) is 25.7 Å². The molecule has 2 amide bonds. The fourth-order valence-electron chi connectivity index (χ4n) is 2.47. The molecule has 0 spiro atoms. The number of carbonyl (C=O) groups excluding carboxylic acids is 3. The van der Waals surface area contributed by atoms with Crippen LogP contribution in [0, 0.1) is 5.92 Å². The number of nitrogens with one attached hydrogen (secondary N) is 3. The Morgan fingerprint density at radius 2 is 1.76 bits per heavy atom. The summed E-state index contributed by atoms with van der Waals surface area (Å²) in [7, 11) is 0.